The third-order valence-electron chi connectivity index (χ3n) is 5.42. The third kappa shape index (κ3) is 4.28. The van der Waals surface area contributed by atoms with Crippen molar-refractivity contribution in [2.24, 2.45) is 0 Å². The number of hydrogen-bond acceptors (Lipinski definition) is 7. The maximum absolute atomic E-state index is 11.1. The molecule has 0 aliphatic carbocycles. The zero-order valence-corrected chi connectivity index (χ0v) is 15.9. The van der Waals surface area contributed by atoms with Crippen LogP contribution in [0.4, 0.5) is 4.79 Å². The van der Waals surface area contributed by atoms with Crippen molar-refractivity contribution >= 4 is 6.09 Å². The molecule has 0 saturated carbocycles. The van der Waals surface area contributed by atoms with Crippen molar-refractivity contribution in [3.8, 4) is 17.0 Å². The van der Waals surface area contributed by atoms with Gasteiger partial charge in [0.25, 0.3) is 0 Å². The number of aliphatic hydroxyl groups is 1. The minimum absolute atomic E-state index is 0.113. The molecule has 0 spiro atoms. The molecule has 2 fully saturated rings. The van der Waals surface area contributed by atoms with E-state index in [2.05, 4.69) is 15.4 Å². The summed E-state index contributed by atoms with van der Waals surface area (Å²) >= 11 is 0. The van der Waals surface area contributed by atoms with Gasteiger partial charge in [-0.2, -0.15) is 0 Å². The minimum atomic E-state index is -0.813. The van der Waals surface area contributed by atoms with Crippen LogP contribution in [0.5, 0.6) is 5.75 Å². The Bertz CT molecular complexity index is 829. The molecule has 2 saturated heterocycles. The maximum Gasteiger partial charge on any atom is 0.407 e. The van der Waals surface area contributed by atoms with Gasteiger partial charge in [0.1, 0.15) is 23.3 Å². The van der Waals surface area contributed by atoms with E-state index in [4.69, 9.17) is 14.0 Å². The molecular weight excluding hydrogens is 362 g/mol. The van der Waals surface area contributed by atoms with Gasteiger partial charge in [-0.15, -0.1) is 0 Å². The van der Waals surface area contributed by atoms with E-state index in [1.807, 2.05) is 30.3 Å². The molecule has 2 N–H and O–H groups in total. The first-order valence-corrected chi connectivity index (χ1v) is 9.52. The van der Waals surface area contributed by atoms with Gasteiger partial charge in [-0.3, -0.25) is 4.90 Å². The Morgan fingerprint density at radius 3 is 2.89 bits per heavy atom. The number of carbonyl (C=O) groups excluding carboxylic acids is 1. The van der Waals surface area contributed by atoms with Crippen molar-refractivity contribution in [1.82, 2.24) is 15.4 Å². The van der Waals surface area contributed by atoms with E-state index in [0.29, 0.717) is 38.1 Å². The highest BCUT2D eigenvalue weighted by Crippen LogP contribution is 2.29. The summed E-state index contributed by atoms with van der Waals surface area (Å²) in [5, 5.41) is 17.8. The molecule has 1 aromatic carbocycles. The number of piperidine rings is 1. The zero-order valence-electron chi connectivity index (χ0n) is 15.9. The molecule has 150 valence electrons. The average Bonchev–Trinajstić information content (AvgIpc) is 3.32. The van der Waals surface area contributed by atoms with Crippen molar-refractivity contribution in [3.05, 3.63) is 36.1 Å². The molecular formula is C20H25N3O5. The maximum atomic E-state index is 11.1. The third-order valence-corrected chi connectivity index (χ3v) is 5.42. The van der Waals surface area contributed by atoms with E-state index in [-0.39, 0.29) is 12.2 Å². The highest BCUT2D eigenvalue weighted by molar-refractivity contribution is 5.69. The molecule has 3 heterocycles. The molecule has 28 heavy (non-hydrogen) atoms. The van der Waals surface area contributed by atoms with Crippen LogP contribution in [0, 0.1) is 0 Å². The van der Waals surface area contributed by atoms with Crippen LogP contribution < -0.4 is 10.1 Å². The number of aromatic nitrogens is 1. The quantitative estimate of drug-likeness (QED) is 0.780. The fraction of sp³-hybridized carbons (Fsp3) is 0.500. The molecule has 0 bridgehead atoms. The second-order valence-electron chi connectivity index (χ2n) is 7.52. The Balaban J connectivity index is 1.33. The Hall–Kier alpha value is -2.58. The average molecular weight is 387 g/mol. The summed E-state index contributed by atoms with van der Waals surface area (Å²) in [5.41, 5.74) is 0.827. The van der Waals surface area contributed by atoms with Crippen molar-refractivity contribution in [2.45, 2.75) is 31.0 Å². The number of benzene rings is 1. The van der Waals surface area contributed by atoms with E-state index in [0.717, 1.165) is 30.1 Å². The summed E-state index contributed by atoms with van der Waals surface area (Å²) in [7, 11) is 1.63. The summed E-state index contributed by atoms with van der Waals surface area (Å²) in [5.74, 6) is 1.43. The number of amides is 1. The number of likely N-dealkylation sites (tertiary alicyclic amines) is 1. The van der Waals surface area contributed by atoms with Crippen LogP contribution in [-0.4, -0.2) is 66.3 Å². The van der Waals surface area contributed by atoms with Gasteiger partial charge in [0.15, 0.2) is 0 Å². The number of methoxy groups -OCH3 is 1. The lowest BCUT2D eigenvalue weighted by Gasteiger charge is -2.38. The molecule has 8 heteroatoms. The normalized spacial score (nSPS) is 21.9. The summed E-state index contributed by atoms with van der Waals surface area (Å²) in [6, 6.07) is 9.51. The molecule has 1 aromatic heterocycles. The molecule has 8 nitrogen and oxygen atoms in total. The van der Waals surface area contributed by atoms with Crippen molar-refractivity contribution < 1.29 is 23.9 Å². The lowest BCUT2D eigenvalue weighted by Crippen LogP contribution is -2.48. The van der Waals surface area contributed by atoms with Gasteiger partial charge >= 0.3 is 6.09 Å². The Kier molecular flexibility index (Phi) is 5.23. The number of ether oxygens (including phenoxy) is 2. The van der Waals surface area contributed by atoms with E-state index in [9.17, 15) is 9.90 Å². The van der Waals surface area contributed by atoms with Crippen LogP contribution in [0.3, 0.4) is 0 Å². The van der Waals surface area contributed by atoms with Gasteiger partial charge in [-0.1, -0.05) is 17.3 Å². The molecule has 1 atom stereocenters. The number of nitrogens with one attached hydrogen (secondary N) is 1. The molecule has 1 amide bonds. The fourth-order valence-corrected chi connectivity index (χ4v) is 3.79. The molecule has 2 aliphatic heterocycles. The number of rotatable bonds is 6. The van der Waals surface area contributed by atoms with Gasteiger partial charge in [0, 0.05) is 37.7 Å². The van der Waals surface area contributed by atoms with Crippen LogP contribution in [0.2, 0.25) is 0 Å². The SMILES string of the molecule is COc1cccc(-c2cc(CC3(O)CCN(CC4CNC(=O)O4)CC3)on2)c1. The summed E-state index contributed by atoms with van der Waals surface area (Å²) in [4.78, 5) is 13.4. The lowest BCUT2D eigenvalue weighted by atomic mass is 9.87. The Labute approximate surface area is 163 Å². The van der Waals surface area contributed by atoms with E-state index in [1.54, 1.807) is 7.11 Å². The first-order valence-electron chi connectivity index (χ1n) is 9.52. The second kappa shape index (κ2) is 7.81. The number of carbonyl (C=O) groups is 1. The van der Waals surface area contributed by atoms with Gasteiger partial charge in [-0.25, -0.2) is 4.79 Å². The number of hydrogen-bond donors (Lipinski definition) is 2. The highest BCUT2D eigenvalue weighted by Gasteiger charge is 2.35. The molecule has 1 unspecified atom stereocenters. The molecule has 4 rings (SSSR count). The van der Waals surface area contributed by atoms with Gasteiger partial charge in [0.05, 0.1) is 19.3 Å². The minimum Gasteiger partial charge on any atom is -0.497 e. The van der Waals surface area contributed by atoms with Crippen LogP contribution in [0.15, 0.2) is 34.9 Å². The van der Waals surface area contributed by atoms with Crippen LogP contribution in [0.25, 0.3) is 11.3 Å². The standard InChI is InChI=1S/C20H25N3O5/c1-26-15-4-2-3-14(9-15)18-10-16(28-22-18)11-20(25)5-7-23(8-6-20)13-17-12-21-19(24)27-17/h2-4,9-10,17,25H,5-8,11-13H2,1H3,(H,21,24). The smallest absolute Gasteiger partial charge is 0.407 e. The van der Waals surface area contributed by atoms with Crippen molar-refractivity contribution in [3.63, 3.8) is 0 Å². The van der Waals surface area contributed by atoms with Crippen LogP contribution in [-0.2, 0) is 11.2 Å². The topological polar surface area (TPSA) is 97.1 Å². The highest BCUT2D eigenvalue weighted by atomic mass is 16.6. The predicted molar refractivity (Wildman–Crippen MR) is 101 cm³/mol. The predicted octanol–water partition coefficient (Wildman–Crippen LogP) is 1.83. The van der Waals surface area contributed by atoms with E-state index in [1.165, 1.54) is 0 Å². The summed E-state index contributed by atoms with van der Waals surface area (Å²) < 4.78 is 15.9. The Morgan fingerprint density at radius 2 is 2.18 bits per heavy atom. The molecule has 0 radical (unpaired) electrons. The van der Waals surface area contributed by atoms with Crippen molar-refractivity contribution in [2.75, 3.05) is 33.3 Å². The summed E-state index contributed by atoms with van der Waals surface area (Å²) in [6.07, 6.45) is 1.23. The van der Waals surface area contributed by atoms with Gasteiger partial charge < -0.3 is 24.4 Å². The van der Waals surface area contributed by atoms with Crippen LogP contribution in [0.1, 0.15) is 18.6 Å². The first kappa shape index (κ1) is 18.8. The van der Waals surface area contributed by atoms with Gasteiger partial charge in [-0.05, 0) is 25.0 Å². The molecule has 2 aliphatic rings. The first-order chi connectivity index (χ1) is 13.5. The fourth-order valence-electron chi connectivity index (χ4n) is 3.79. The second-order valence-corrected chi connectivity index (χ2v) is 7.52. The number of cyclic esters (lactones) is 1. The number of alkyl carbamates (subject to hydrolysis) is 1. The summed E-state index contributed by atoms with van der Waals surface area (Å²) in [6.45, 7) is 2.74. The Morgan fingerprint density at radius 1 is 1.36 bits per heavy atom. The van der Waals surface area contributed by atoms with E-state index < -0.39 is 5.60 Å². The molecule has 2 aromatic rings. The lowest BCUT2D eigenvalue weighted by molar-refractivity contribution is -0.0312. The van der Waals surface area contributed by atoms with Gasteiger partial charge in [0.2, 0.25) is 0 Å². The monoisotopic (exact) mass is 387 g/mol. The zero-order chi connectivity index (χ0) is 19.6. The number of nitrogens with zero attached hydrogens (tertiary/aromatic N) is 2. The van der Waals surface area contributed by atoms with E-state index >= 15 is 0 Å². The largest absolute Gasteiger partial charge is 0.497 e. The van der Waals surface area contributed by atoms with Crippen LogP contribution >= 0.6 is 0 Å². The van der Waals surface area contributed by atoms with Crippen molar-refractivity contribution in [1.29, 1.82) is 0 Å².